The number of hydrogen-bond donors (Lipinski definition) is 0. The van der Waals surface area contributed by atoms with Crippen molar-refractivity contribution in [2.75, 3.05) is 0 Å². The van der Waals surface area contributed by atoms with Gasteiger partial charge in [-0.2, -0.15) is 27.0 Å². The van der Waals surface area contributed by atoms with Gasteiger partial charge in [0.2, 0.25) is 0 Å². The minimum absolute atomic E-state index is 0. The average Bonchev–Trinajstić information content (AvgIpc) is 3.21. The fourth-order valence-electron chi connectivity index (χ4n) is 5.44. The van der Waals surface area contributed by atoms with Crippen LogP contribution in [0.1, 0.15) is 0 Å². The monoisotopic (exact) mass is 956 g/mol. The van der Waals surface area contributed by atoms with E-state index in [4.69, 9.17) is 92.8 Å². The maximum Gasteiger partial charge on any atom is 0.0484 e. The summed E-state index contributed by atoms with van der Waals surface area (Å²) < 4.78 is 0. The van der Waals surface area contributed by atoms with Crippen LogP contribution in [0.4, 0.5) is 0 Å². The Hall–Kier alpha value is -3.22. The zero-order valence-electron chi connectivity index (χ0n) is 30.5. The molecule has 0 aliphatic carbocycles. The van der Waals surface area contributed by atoms with Crippen LogP contribution in [-0.4, -0.2) is 0 Å². The number of benzene rings is 8. The Labute approximate surface area is 395 Å². The summed E-state index contributed by atoms with van der Waals surface area (Å²) in [6, 6.07) is 61.4. The molecule has 0 atom stereocenters. The lowest BCUT2D eigenvalue weighted by Crippen LogP contribution is -1.79. The van der Waals surface area contributed by atoms with Crippen molar-refractivity contribution in [2.45, 2.75) is 0 Å². The molecule has 0 saturated carbocycles. The van der Waals surface area contributed by atoms with Gasteiger partial charge in [-0.05, 0) is 48.5 Å². The molecule has 10 heteroatoms. The first-order valence-electron chi connectivity index (χ1n) is 17.1. The van der Waals surface area contributed by atoms with Crippen LogP contribution in [0.3, 0.4) is 0 Å². The summed E-state index contributed by atoms with van der Waals surface area (Å²) in [6.45, 7) is 0. The van der Waals surface area contributed by atoms with Crippen molar-refractivity contribution in [1.29, 1.82) is 0 Å². The standard InChI is InChI=1S/4C12H8Cl2.2H2S/c4*13-11-7-3-1-5-9(11)10-6-2-4-8-12(10)14;;/h4*1-8H;2*1H2. The fourth-order valence-corrected chi connectivity index (χ4v) is 7.34. The Balaban J connectivity index is 0.000000205. The van der Waals surface area contributed by atoms with E-state index in [9.17, 15) is 0 Å². The van der Waals surface area contributed by atoms with Gasteiger partial charge in [0.1, 0.15) is 0 Å². The van der Waals surface area contributed by atoms with Gasteiger partial charge in [-0.3, -0.25) is 0 Å². The van der Waals surface area contributed by atoms with Crippen molar-refractivity contribution >= 4 is 120 Å². The lowest BCUT2D eigenvalue weighted by atomic mass is 10.1. The molecule has 8 aromatic rings. The van der Waals surface area contributed by atoms with E-state index < -0.39 is 0 Å². The molecule has 8 rings (SSSR count). The molecular formula is C48H36Cl8S2. The lowest BCUT2D eigenvalue weighted by molar-refractivity contribution is 1.62. The molecule has 0 aliphatic heterocycles. The summed E-state index contributed by atoms with van der Waals surface area (Å²) in [6.07, 6.45) is 0. The molecule has 0 aliphatic rings. The van der Waals surface area contributed by atoms with E-state index in [1.807, 2.05) is 194 Å². The van der Waals surface area contributed by atoms with Gasteiger partial charge < -0.3 is 0 Å². The third-order valence-electron chi connectivity index (χ3n) is 8.15. The summed E-state index contributed by atoms with van der Waals surface area (Å²) in [5, 5.41) is 5.78. The zero-order chi connectivity index (χ0) is 39.9. The third kappa shape index (κ3) is 13.9. The first kappa shape index (κ1) is 49.1. The Kier molecular flexibility index (Phi) is 21.5. The second-order valence-corrected chi connectivity index (χ2v) is 15.1. The highest BCUT2D eigenvalue weighted by atomic mass is 35.5. The van der Waals surface area contributed by atoms with Crippen molar-refractivity contribution < 1.29 is 0 Å². The molecule has 0 spiro atoms. The molecule has 0 nitrogen and oxygen atoms in total. The van der Waals surface area contributed by atoms with Gasteiger partial charge in [0, 0.05) is 84.7 Å². The molecular weight excluding hydrogens is 924 g/mol. The first-order chi connectivity index (χ1) is 27.2. The molecule has 0 radical (unpaired) electrons. The minimum atomic E-state index is 0. The van der Waals surface area contributed by atoms with E-state index in [2.05, 4.69) is 0 Å². The van der Waals surface area contributed by atoms with Crippen LogP contribution in [0.25, 0.3) is 44.5 Å². The molecule has 0 heterocycles. The van der Waals surface area contributed by atoms with Gasteiger partial charge in [-0.25, -0.2) is 0 Å². The van der Waals surface area contributed by atoms with Crippen LogP contribution in [0.15, 0.2) is 194 Å². The van der Waals surface area contributed by atoms with Gasteiger partial charge in [-0.15, -0.1) is 0 Å². The van der Waals surface area contributed by atoms with E-state index in [1.165, 1.54) is 0 Å². The summed E-state index contributed by atoms with van der Waals surface area (Å²) >= 11 is 48.6. The van der Waals surface area contributed by atoms with Crippen LogP contribution in [0.2, 0.25) is 40.2 Å². The topological polar surface area (TPSA) is 0 Å². The second kappa shape index (κ2) is 25.4. The van der Waals surface area contributed by atoms with Gasteiger partial charge in [0.25, 0.3) is 0 Å². The fraction of sp³-hybridized carbons (Fsp3) is 0. The molecule has 0 fully saturated rings. The molecule has 0 bridgehead atoms. The molecule has 0 saturated heterocycles. The smallest absolute Gasteiger partial charge is 0.0484 e. The molecule has 0 N–H and O–H groups in total. The molecule has 0 unspecified atom stereocenters. The SMILES string of the molecule is Clc1ccccc1-c1ccccc1Cl.Clc1ccccc1-c1ccccc1Cl.Clc1ccccc1-c1ccccc1Cl.Clc1ccccc1-c1ccccc1Cl.S.S. The van der Waals surface area contributed by atoms with Crippen molar-refractivity contribution in [1.82, 2.24) is 0 Å². The predicted octanol–water partition coefficient (Wildman–Crippen LogP) is 18.9. The van der Waals surface area contributed by atoms with Crippen molar-refractivity contribution in [3.63, 3.8) is 0 Å². The molecule has 296 valence electrons. The molecule has 58 heavy (non-hydrogen) atoms. The highest BCUT2D eigenvalue weighted by Gasteiger charge is 2.08. The second-order valence-electron chi connectivity index (χ2n) is 11.8. The molecule has 0 aromatic heterocycles. The Morgan fingerprint density at radius 3 is 0.328 bits per heavy atom. The van der Waals surface area contributed by atoms with Crippen LogP contribution in [0.5, 0.6) is 0 Å². The number of hydrogen-bond acceptors (Lipinski definition) is 0. The Morgan fingerprint density at radius 1 is 0.155 bits per heavy atom. The Morgan fingerprint density at radius 2 is 0.241 bits per heavy atom. The predicted molar refractivity (Wildman–Crippen MR) is 268 cm³/mol. The van der Waals surface area contributed by atoms with Crippen LogP contribution in [0, 0.1) is 0 Å². The highest BCUT2D eigenvalue weighted by Crippen LogP contribution is 2.35. The Bertz CT molecular complexity index is 1980. The normalized spacial score (nSPS) is 9.79. The molecule has 0 amide bonds. The van der Waals surface area contributed by atoms with Crippen molar-refractivity contribution in [3.8, 4) is 44.5 Å². The summed E-state index contributed by atoms with van der Waals surface area (Å²) in [7, 11) is 0. The third-order valence-corrected chi connectivity index (χ3v) is 10.8. The minimum Gasteiger partial charge on any atom is -0.197 e. The van der Waals surface area contributed by atoms with Crippen molar-refractivity contribution in [2.24, 2.45) is 0 Å². The number of rotatable bonds is 4. The van der Waals surface area contributed by atoms with Gasteiger partial charge in [0.05, 0.1) is 0 Å². The van der Waals surface area contributed by atoms with Crippen LogP contribution in [-0.2, 0) is 0 Å². The summed E-state index contributed by atoms with van der Waals surface area (Å²) in [4.78, 5) is 0. The van der Waals surface area contributed by atoms with Gasteiger partial charge in [0.15, 0.2) is 0 Å². The molecule has 8 aromatic carbocycles. The van der Waals surface area contributed by atoms with Gasteiger partial charge >= 0.3 is 0 Å². The highest BCUT2D eigenvalue weighted by molar-refractivity contribution is 7.59. The maximum atomic E-state index is 6.07. The maximum absolute atomic E-state index is 6.07. The van der Waals surface area contributed by atoms with E-state index in [0.29, 0.717) is 0 Å². The van der Waals surface area contributed by atoms with Gasteiger partial charge in [-0.1, -0.05) is 238 Å². The van der Waals surface area contributed by atoms with E-state index in [-0.39, 0.29) is 27.0 Å². The van der Waals surface area contributed by atoms with E-state index in [1.54, 1.807) is 0 Å². The van der Waals surface area contributed by atoms with E-state index >= 15 is 0 Å². The van der Waals surface area contributed by atoms with E-state index in [0.717, 1.165) is 84.7 Å². The van der Waals surface area contributed by atoms with Crippen LogP contribution >= 0.6 is 120 Å². The largest absolute Gasteiger partial charge is 0.197 e. The lowest BCUT2D eigenvalue weighted by Gasteiger charge is -2.05. The van der Waals surface area contributed by atoms with Crippen LogP contribution < -0.4 is 0 Å². The first-order valence-corrected chi connectivity index (χ1v) is 20.2. The summed E-state index contributed by atoms with van der Waals surface area (Å²) in [5.41, 5.74) is 7.78. The quantitative estimate of drug-likeness (QED) is 0.165. The number of halogens is 8. The summed E-state index contributed by atoms with van der Waals surface area (Å²) in [5.74, 6) is 0. The average molecular weight is 961 g/mol. The zero-order valence-corrected chi connectivity index (χ0v) is 38.5. The van der Waals surface area contributed by atoms with Crippen molar-refractivity contribution in [3.05, 3.63) is 234 Å².